The van der Waals surface area contributed by atoms with Crippen molar-refractivity contribution in [3.8, 4) is 0 Å². The topological polar surface area (TPSA) is 55.8 Å². The molecule has 20 heavy (non-hydrogen) atoms. The number of carbonyl (C=O) groups excluding carboxylic acids is 2. The third-order valence-corrected chi connectivity index (χ3v) is 2.46. The van der Waals surface area contributed by atoms with E-state index in [0.717, 1.165) is 5.06 Å². The van der Waals surface area contributed by atoms with Gasteiger partial charge >= 0.3 is 6.09 Å². The minimum Gasteiger partial charge on any atom is -0.442 e. The molecule has 110 valence electrons. The highest BCUT2D eigenvalue weighted by molar-refractivity contribution is 5.96. The first-order valence-electron chi connectivity index (χ1n) is 6.46. The zero-order valence-electron chi connectivity index (χ0n) is 12.4. The monoisotopic (exact) mass is 279 g/mol. The molecule has 0 aromatic heterocycles. The van der Waals surface area contributed by atoms with E-state index in [-0.39, 0.29) is 18.7 Å². The summed E-state index contributed by atoms with van der Waals surface area (Å²) in [6, 6.07) is 8.93. The fourth-order valence-corrected chi connectivity index (χ4v) is 1.54. The molecular formula is C15H21NO4. The Balaban J connectivity index is 2.53. The van der Waals surface area contributed by atoms with E-state index in [0.29, 0.717) is 5.56 Å². The van der Waals surface area contributed by atoms with Crippen molar-refractivity contribution in [2.24, 2.45) is 0 Å². The quantitative estimate of drug-likeness (QED) is 0.614. The van der Waals surface area contributed by atoms with Crippen LogP contribution >= 0.6 is 0 Å². The lowest BCUT2D eigenvalue weighted by Gasteiger charge is -2.25. The molecule has 5 nitrogen and oxygen atoms in total. The Labute approximate surface area is 119 Å². The summed E-state index contributed by atoms with van der Waals surface area (Å²) in [7, 11) is 1.37. The second kappa shape index (κ2) is 7.05. The summed E-state index contributed by atoms with van der Waals surface area (Å²) in [5.41, 5.74) is 0.0184. The van der Waals surface area contributed by atoms with E-state index in [4.69, 9.17) is 9.57 Å². The van der Waals surface area contributed by atoms with E-state index in [2.05, 4.69) is 0 Å². The van der Waals surface area contributed by atoms with Crippen molar-refractivity contribution in [2.45, 2.75) is 32.8 Å². The van der Waals surface area contributed by atoms with Gasteiger partial charge in [0, 0.05) is 12.0 Å². The first-order valence-corrected chi connectivity index (χ1v) is 6.46. The number of rotatable bonds is 5. The van der Waals surface area contributed by atoms with E-state index in [9.17, 15) is 9.59 Å². The molecule has 1 aromatic carbocycles. The number of benzene rings is 1. The molecule has 0 N–H and O–H groups in total. The minimum atomic E-state index is -0.600. The molecule has 1 aromatic rings. The molecule has 0 saturated carbocycles. The smallest absolute Gasteiger partial charge is 0.434 e. The van der Waals surface area contributed by atoms with Crippen molar-refractivity contribution in [2.75, 3.05) is 13.7 Å². The van der Waals surface area contributed by atoms with Gasteiger partial charge in [-0.2, -0.15) is 5.06 Å². The van der Waals surface area contributed by atoms with Gasteiger partial charge in [-0.05, 0) is 20.8 Å². The molecule has 0 unspecified atom stereocenters. The van der Waals surface area contributed by atoms with Gasteiger partial charge in [0.2, 0.25) is 0 Å². The molecule has 0 radical (unpaired) electrons. The van der Waals surface area contributed by atoms with Gasteiger partial charge in [0.05, 0.1) is 13.7 Å². The highest BCUT2D eigenvalue weighted by atomic mass is 16.7. The van der Waals surface area contributed by atoms with Crippen LogP contribution in [0, 0.1) is 0 Å². The van der Waals surface area contributed by atoms with E-state index >= 15 is 0 Å². The summed E-state index contributed by atoms with van der Waals surface area (Å²) >= 11 is 0. The first kappa shape index (κ1) is 16.2. The molecule has 0 spiro atoms. The largest absolute Gasteiger partial charge is 0.442 e. The lowest BCUT2D eigenvalue weighted by atomic mass is 10.1. The van der Waals surface area contributed by atoms with E-state index in [1.165, 1.54) is 7.11 Å². The molecule has 0 aliphatic rings. The molecule has 0 saturated heterocycles. The maximum Gasteiger partial charge on any atom is 0.434 e. The molecule has 0 aliphatic heterocycles. The van der Waals surface area contributed by atoms with Crippen molar-refractivity contribution in [1.82, 2.24) is 5.06 Å². The Bertz CT molecular complexity index is 451. The fourth-order valence-electron chi connectivity index (χ4n) is 1.54. The number of carbonyl (C=O) groups is 2. The zero-order valence-corrected chi connectivity index (χ0v) is 12.4. The molecule has 1 amide bonds. The molecule has 0 aliphatic carbocycles. The van der Waals surface area contributed by atoms with Crippen LogP contribution in [0.25, 0.3) is 0 Å². The third-order valence-electron chi connectivity index (χ3n) is 2.46. The lowest BCUT2D eigenvalue weighted by Crippen LogP contribution is -2.37. The standard InChI is InChI=1S/C15H21NO4/c1-15(2,3)20-14(18)16(19-4)11-10-13(17)12-8-6-5-7-9-12/h5-9H,10-11H2,1-4H3. The molecule has 5 heteroatoms. The number of Topliss-reactive ketones (excluding diaryl/α,β-unsaturated/α-hetero) is 1. The molecule has 0 fully saturated rings. The molecule has 0 heterocycles. The Hall–Kier alpha value is -1.88. The average molecular weight is 279 g/mol. The number of ether oxygens (including phenoxy) is 1. The fraction of sp³-hybridized carbons (Fsp3) is 0.467. The van der Waals surface area contributed by atoms with Crippen LogP contribution in [0.1, 0.15) is 37.6 Å². The molecule has 1 rings (SSSR count). The lowest BCUT2D eigenvalue weighted by molar-refractivity contribution is -0.122. The third kappa shape index (κ3) is 5.40. The van der Waals surface area contributed by atoms with Crippen LogP contribution in [0.3, 0.4) is 0 Å². The normalized spacial score (nSPS) is 11.0. The number of nitrogens with zero attached hydrogens (tertiary/aromatic N) is 1. The summed E-state index contributed by atoms with van der Waals surface area (Å²) in [4.78, 5) is 28.7. The van der Waals surface area contributed by atoms with Crippen LogP contribution in [-0.2, 0) is 9.57 Å². The van der Waals surface area contributed by atoms with Crippen molar-refractivity contribution in [3.63, 3.8) is 0 Å². The summed E-state index contributed by atoms with van der Waals surface area (Å²) < 4.78 is 5.18. The van der Waals surface area contributed by atoms with Crippen LogP contribution < -0.4 is 0 Å². The van der Waals surface area contributed by atoms with Crippen molar-refractivity contribution in [1.29, 1.82) is 0 Å². The maximum absolute atomic E-state index is 11.9. The Kier molecular flexibility index (Phi) is 5.70. The average Bonchev–Trinajstić information content (AvgIpc) is 2.38. The first-order chi connectivity index (χ1) is 9.33. The van der Waals surface area contributed by atoms with Gasteiger partial charge in [-0.15, -0.1) is 0 Å². The van der Waals surface area contributed by atoms with Gasteiger partial charge in [0.25, 0.3) is 0 Å². The van der Waals surface area contributed by atoms with Gasteiger partial charge in [0.15, 0.2) is 5.78 Å². The second-order valence-corrected chi connectivity index (χ2v) is 5.30. The predicted octanol–water partition coefficient (Wildman–Crippen LogP) is 3.06. The second-order valence-electron chi connectivity index (χ2n) is 5.30. The Morgan fingerprint density at radius 2 is 1.75 bits per heavy atom. The number of ketones is 1. The van der Waals surface area contributed by atoms with Gasteiger partial charge < -0.3 is 4.74 Å². The maximum atomic E-state index is 11.9. The molecular weight excluding hydrogens is 258 g/mol. The summed E-state index contributed by atoms with van der Waals surface area (Å²) in [6.07, 6.45) is -0.419. The summed E-state index contributed by atoms with van der Waals surface area (Å²) in [5.74, 6) is -0.0452. The Morgan fingerprint density at radius 3 is 2.25 bits per heavy atom. The highest BCUT2D eigenvalue weighted by Gasteiger charge is 2.22. The predicted molar refractivity (Wildman–Crippen MR) is 75.3 cm³/mol. The van der Waals surface area contributed by atoms with Crippen molar-refractivity contribution >= 4 is 11.9 Å². The van der Waals surface area contributed by atoms with Crippen molar-refractivity contribution in [3.05, 3.63) is 35.9 Å². The van der Waals surface area contributed by atoms with E-state index in [1.54, 1.807) is 45.0 Å². The van der Waals surface area contributed by atoms with Gasteiger partial charge in [-0.3, -0.25) is 9.63 Å². The number of hydrogen-bond acceptors (Lipinski definition) is 4. The van der Waals surface area contributed by atoms with Gasteiger partial charge in [-0.1, -0.05) is 30.3 Å². The van der Waals surface area contributed by atoms with Crippen LogP contribution in [-0.4, -0.2) is 36.2 Å². The number of hydroxylamine groups is 2. The van der Waals surface area contributed by atoms with E-state index < -0.39 is 11.7 Å². The Morgan fingerprint density at radius 1 is 1.15 bits per heavy atom. The molecule has 0 bridgehead atoms. The van der Waals surface area contributed by atoms with Gasteiger partial charge in [-0.25, -0.2) is 4.79 Å². The summed E-state index contributed by atoms with van der Waals surface area (Å²) in [5, 5.41) is 1.05. The number of amides is 1. The highest BCUT2D eigenvalue weighted by Crippen LogP contribution is 2.11. The zero-order chi connectivity index (χ0) is 15.2. The van der Waals surface area contributed by atoms with Crippen LogP contribution in [0.15, 0.2) is 30.3 Å². The number of hydrogen-bond donors (Lipinski definition) is 0. The van der Waals surface area contributed by atoms with E-state index in [1.807, 2.05) is 6.07 Å². The summed E-state index contributed by atoms with van der Waals surface area (Å²) in [6.45, 7) is 5.47. The minimum absolute atomic E-state index is 0.0452. The van der Waals surface area contributed by atoms with Crippen LogP contribution in [0.5, 0.6) is 0 Å². The van der Waals surface area contributed by atoms with Crippen LogP contribution in [0.2, 0.25) is 0 Å². The van der Waals surface area contributed by atoms with Crippen LogP contribution in [0.4, 0.5) is 4.79 Å². The van der Waals surface area contributed by atoms with Crippen molar-refractivity contribution < 1.29 is 19.2 Å². The molecule has 0 atom stereocenters. The SMILES string of the molecule is CON(CCC(=O)c1ccccc1)C(=O)OC(C)(C)C. The van der Waals surface area contributed by atoms with Gasteiger partial charge in [0.1, 0.15) is 5.60 Å².